The Balaban J connectivity index is 1.95. The lowest BCUT2D eigenvalue weighted by Gasteiger charge is -2.15. The fourth-order valence-corrected chi connectivity index (χ4v) is 2.60. The standard InChI is InChI=1S/C13H21N5S/c1-13(2,3)11-5-9(16-17-11)7-18(4)8-10-6-15-12(14)19-10/h5-6H,7-8H2,1-4H3,(H2,14,15)(H,16,17). The van der Waals surface area contributed by atoms with Crippen LogP contribution >= 0.6 is 11.3 Å². The number of nitrogens with one attached hydrogen (secondary N) is 1. The molecule has 0 radical (unpaired) electrons. The Bertz CT molecular complexity index is 537. The molecule has 104 valence electrons. The fourth-order valence-electron chi connectivity index (χ4n) is 1.84. The maximum atomic E-state index is 5.63. The molecule has 0 bridgehead atoms. The van der Waals surface area contributed by atoms with Crippen molar-refractivity contribution in [2.45, 2.75) is 39.3 Å². The summed E-state index contributed by atoms with van der Waals surface area (Å²) >= 11 is 1.54. The van der Waals surface area contributed by atoms with Crippen molar-refractivity contribution in [3.05, 3.63) is 28.5 Å². The van der Waals surface area contributed by atoms with Gasteiger partial charge in [0.15, 0.2) is 5.13 Å². The third kappa shape index (κ3) is 3.78. The normalized spacial score (nSPS) is 12.3. The van der Waals surface area contributed by atoms with E-state index >= 15 is 0 Å². The second-order valence-corrected chi connectivity index (χ2v) is 7.01. The molecule has 2 aromatic rings. The van der Waals surface area contributed by atoms with E-state index in [-0.39, 0.29) is 5.41 Å². The molecule has 0 unspecified atom stereocenters. The van der Waals surface area contributed by atoms with Crippen molar-refractivity contribution in [1.82, 2.24) is 20.1 Å². The number of rotatable bonds is 4. The first-order valence-electron chi connectivity index (χ1n) is 6.28. The van der Waals surface area contributed by atoms with Crippen molar-refractivity contribution in [2.24, 2.45) is 0 Å². The summed E-state index contributed by atoms with van der Waals surface area (Å²) in [4.78, 5) is 7.45. The number of aromatic amines is 1. The number of nitrogens with zero attached hydrogens (tertiary/aromatic N) is 3. The minimum absolute atomic E-state index is 0.0828. The second kappa shape index (κ2) is 5.30. The van der Waals surface area contributed by atoms with Crippen LogP contribution in [-0.4, -0.2) is 27.1 Å². The molecule has 0 saturated heterocycles. The van der Waals surface area contributed by atoms with Crippen LogP contribution in [0.1, 0.15) is 37.0 Å². The van der Waals surface area contributed by atoms with E-state index in [1.165, 1.54) is 16.2 Å². The van der Waals surface area contributed by atoms with Crippen molar-refractivity contribution in [1.29, 1.82) is 0 Å². The Morgan fingerprint density at radius 1 is 1.37 bits per heavy atom. The number of hydrogen-bond acceptors (Lipinski definition) is 5. The lowest BCUT2D eigenvalue weighted by molar-refractivity contribution is 0.317. The first-order valence-corrected chi connectivity index (χ1v) is 7.10. The zero-order chi connectivity index (χ0) is 14.0. The highest BCUT2D eigenvalue weighted by atomic mass is 32.1. The Hall–Kier alpha value is -1.40. The van der Waals surface area contributed by atoms with E-state index in [1.54, 1.807) is 0 Å². The van der Waals surface area contributed by atoms with E-state index in [1.807, 2.05) is 6.20 Å². The molecule has 6 heteroatoms. The van der Waals surface area contributed by atoms with Crippen molar-refractivity contribution in [3.63, 3.8) is 0 Å². The first kappa shape index (κ1) is 14.0. The predicted molar refractivity (Wildman–Crippen MR) is 79.0 cm³/mol. The summed E-state index contributed by atoms with van der Waals surface area (Å²) in [5.74, 6) is 0. The number of anilines is 1. The number of nitrogens with two attached hydrogens (primary N) is 1. The zero-order valence-electron chi connectivity index (χ0n) is 11.9. The predicted octanol–water partition coefficient (Wildman–Crippen LogP) is 2.38. The first-order chi connectivity index (χ1) is 8.84. The van der Waals surface area contributed by atoms with Crippen molar-refractivity contribution in [2.75, 3.05) is 12.8 Å². The average Bonchev–Trinajstić information content (AvgIpc) is 2.87. The van der Waals surface area contributed by atoms with Gasteiger partial charge in [0.1, 0.15) is 0 Å². The molecule has 0 aromatic carbocycles. The van der Waals surface area contributed by atoms with E-state index in [0.29, 0.717) is 5.13 Å². The van der Waals surface area contributed by atoms with Crippen LogP contribution in [-0.2, 0) is 18.5 Å². The number of nitrogen functional groups attached to an aromatic ring is 1. The molecule has 0 aliphatic rings. The summed E-state index contributed by atoms with van der Waals surface area (Å²) in [7, 11) is 2.08. The minimum atomic E-state index is 0.0828. The number of aromatic nitrogens is 3. The van der Waals surface area contributed by atoms with E-state index in [0.717, 1.165) is 24.5 Å². The highest BCUT2D eigenvalue weighted by Crippen LogP contribution is 2.21. The molecule has 2 aromatic heterocycles. The lowest BCUT2D eigenvalue weighted by atomic mass is 9.92. The molecule has 0 amide bonds. The van der Waals surface area contributed by atoms with Gasteiger partial charge < -0.3 is 5.73 Å². The number of thiazole rings is 1. The van der Waals surface area contributed by atoms with Gasteiger partial charge in [-0.15, -0.1) is 11.3 Å². The van der Waals surface area contributed by atoms with Gasteiger partial charge >= 0.3 is 0 Å². The van der Waals surface area contributed by atoms with E-state index in [4.69, 9.17) is 5.73 Å². The summed E-state index contributed by atoms with van der Waals surface area (Å²) in [5.41, 5.74) is 7.94. The molecular formula is C13H21N5S. The molecule has 19 heavy (non-hydrogen) atoms. The summed E-state index contributed by atoms with van der Waals surface area (Å²) in [6, 6.07) is 2.14. The van der Waals surface area contributed by atoms with Crippen LogP contribution in [0, 0.1) is 0 Å². The van der Waals surface area contributed by atoms with Crippen molar-refractivity contribution < 1.29 is 0 Å². The van der Waals surface area contributed by atoms with Crippen LogP contribution in [0.3, 0.4) is 0 Å². The smallest absolute Gasteiger partial charge is 0.180 e. The second-order valence-electron chi connectivity index (χ2n) is 5.87. The Labute approximate surface area is 117 Å². The number of hydrogen-bond donors (Lipinski definition) is 2. The monoisotopic (exact) mass is 279 g/mol. The van der Waals surface area contributed by atoms with Gasteiger partial charge in [-0.2, -0.15) is 5.10 Å². The van der Waals surface area contributed by atoms with Crippen LogP contribution < -0.4 is 5.73 Å². The van der Waals surface area contributed by atoms with Crippen LogP contribution in [0.25, 0.3) is 0 Å². The highest BCUT2D eigenvalue weighted by molar-refractivity contribution is 7.15. The van der Waals surface area contributed by atoms with Gasteiger partial charge in [0, 0.05) is 35.3 Å². The molecular weight excluding hydrogens is 258 g/mol. The van der Waals surface area contributed by atoms with Crippen LogP contribution in [0.5, 0.6) is 0 Å². The van der Waals surface area contributed by atoms with E-state index in [2.05, 4.69) is 54.0 Å². The van der Waals surface area contributed by atoms with E-state index < -0.39 is 0 Å². The topological polar surface area (TPSA) is 70.8 Å². The molecule has 0 fully saturated rings. The largest absolute Gasteiger partial charge is 0.375 e. The molecule has 0 aliphatic carbocycles. The molecule has 2 heterocycles. The van der Waals surface area contributed by atoms with Gasteiger partial charge in [0.25, 0.3) is 0 Å². The van der Waals surface area contributed by atoms with Gasteiger partial charge in [-0.3, -0.25) is 10.00 Å². The maximum Gasteiger partial charge on any atom is 0.180 e. The SMILES string of the molecule is CN(Cc1cc(C(C)(C)C)n[nH]1)Cc1cnc(N)s1. The molecule has 0 spiro atoms. The summed E-state index contributed by atoms with van der Waals surface area (Å²) in [6.45, 7) is 8.17. The Morgan fingerprint density at radius 3 is 2.63 bits per heavy atom. The van der Waals surface area contributed by atoms with Gasteiger partial charge in [-0.25, -0.2) is 4.98 Å². The third-order valence-corrected chi connectivity index (χ3v) is 3.65. The van der Waals surface area contributed by atoms with Crippen LogP contribution in [0.2, 0.25) is 0 Å². The Kier molecular flexibility index (Phi) is 3.91. The van der Waals surface area contributed by atoms with Crippen molar-refractivity contribution in [3.8, 4) is 0 Å². The van der Waals surface area contributed by atoms with Gasteiger partial charge in [0.05, 0.1) is 5.69 Å². The van der Waals surface area contributed by atoms with Gasteiger partial charge in [-0.05, 0) is 13.1 Å². The third-order valence-electron chi connectivity index (χ3n) is 2.84. The maximum absolute atomic E-state index is 5.63. The molecule has 0 aliphatic heterocycles. The number of H-pyrrole nitrogens is 1. The summed E-state index contributed by atoms with van der Waals surface area (Å²) in [5, 5.41) is 8.10. The summed E-state index contributed by atoms with van der Waals surface area (Å²) < 4.78 is 0. The lowest BCUT2D eigenvalue weighted by Crippen LogP contribution is -2.16. The molecule has 0 saturated carbocycles. The Morgan fingerprint density at radius 2 is 2.11 bits per heavy atom. The van der Waals surface area contributed by atoms with Crippen molar-refractivity contribution >= 4 is 16.5 Å². The minimum Gasteiger partial charge on any atom is -0.375 e. The van der Waals surface area contributed by atoms with E-state index in [9.17, 15) is 0 Å². The summed E-state index contributed by atoms with van der Waals surface area (Å²) in [6.07, 6.45) is 1.84. The van der Waals surface area contributed by atoms with Crippen LogP contribution in [0.4, 0.5) is 5.13 Å². The molecule has 3 N–H and O–H groups in total. The molecule has 2 rings (SSSR count). The van der Waals surface area contributed by atoms with Gasteiger partial charge in [-0.1, -0.05) is 20.8 Å². The quantitative estimate of drug-likeness (QED) is 0.901. The average molecular weight is 279 g/mol. The molecule has 0 atom stereocenters. The van der Waals surface area contributed by atoms with Gasteiger partial charge in [0.2, 0.25) is 0 Å². The zero-order valence-corrected chi connectivity index (χ0v) is 12.7. The fraction of sp³-hybridized carbons (Fsp3) is 0.538. The highest BCUT2D eigenvalue weighted by Gasteiger charge is 2.17. The van der Waals surface area contributed by atoms with Crippen LogP contribution in [0.15, 0.2) is 12.3 Å². The molecule has 5 nitrogen and oxygen atoms in total.